The molecule has 0 aliphatic carbocycles. The molecule has 0 saturated carbocycles. The highest BCUT2D eigenvalue weighted by atomic mass is 16.7. The van der Waals surface area contributed by atoms with E-state index in [4.69, 9.17) is 18.9 Å². The van der Waals surface area contributed by atoms with Crippen LogP contribution in [0, 0.1) is 0 Å². The number of carbonyl (C=O) groups is 1. The number of allylic oxidation sites excluding steroid dienone is 7. The molecule has 2 rings (SSSR count). The molecule has 1 amide bonds. The van der Waals surface area contributed by atoms with E-state index >= 15 is 0 Å². The van der Waals surface area contributed by atoms with E-state index in [0.717, 1.165) is 64.2 Å². The van der Waals surface area contributed by atoms with Gasteiger partial charge in [0.05, 0.1) is 32.0 Å². The molecule has 14 nitrogen and oxygen atoms in total. The molecule has 0 bridgehead atoms. The standard InChI is InChI=1S/C57H103NO13/c1-3-5-7-9-11-12-13-14-15-16-17-18-19-20-21-22-23-24-25-26-27-28-29-30-31-32-33-34-35-37-39-41-49(62)58-45(46(61)40-38-36-10-8-6-4-2)44-68-56-54(67)52(65)55(48(43-60)70-56)71-57-53(66)51(64)50(63)47(42-59)69-57/h13-14,16-17,19-20,38,40,45-48,50-57,59-61,63-67H,3-12,15,18,21-37,39,41-44H2,1-2H3,(H,58,62)/b14-13-,17-16-,20-19-,40-38+. The van der Waals surface area contributed by atoms with Gasteiger partial charge in [-0.2, -0.15) is 0 Å². The number of rotatable bonds is 44. The van der Waals surface area contributed by atoms with Crippen molar-refractivity contribution in [1.82, 2.24) is 5.32 Å². The third kappa shape index (κ3) is 29.6. The van der Waals surface area contributed by atoms with Crippen molar-refractivity contribution in [2.75, 3.05) is 19.8 Å². The summed E-state index contributed by atoms with van der Waals surface area (Å²) in [6.45, 7) is 2.68. The minimum Gasteiger partial charge on any atom is -0.394 e. The van der Waals surface area contributed by atoms with Gasteiger partial charge in [-0.15, -0.1) is 0 Å². The quantitative estimate of drug-likeness (QED) is 0.0206. The van der Waals surface area contributed by atoms with Crippen molar-refractivity contribution in [1.29, 1.82) is 0 Å². The van der Waals surface area contributed by atoms with E-state index in [1.54, 1.807) is 6.08 Å². The van der Waals surface area contributed by atoms with Crippen LogP contribution < -0.4 is 5.32 Å². The number of ether oxygens (including phenoxy) is 4. The first-order valence-electron chi connectivity index (χ1n) is 28.4. The van der Waals surface area contributed by atoms with Gasteiger partial charge in [-0.1, -0.05) is 197 Å². The van der Waals surface area contributed by atoms with Gasteiger partial charge in [0.1, 0.15) is 48.8 Å². The van der Waals surface area contributed by atoms with Crippen molar-refractivity contribution in [3.05, 3.63) is 48.6 Å². The number of aliphatic hydroxyl groups excluding tert-OH is 8. The van der Waals surface area contributed by atoms with Crippen LogP contribution in [-0.4, -0.2) is 140 Å². The third-order valence-corrected chi connectivity index (χ3v) is 13.8. The maximum absolute atomic E-state index is 13.1. The molecule has 0 radical (unpaired) electrons. The molecule has 2 saturated heterocycles. The molecule has 12 atom stereocenters. The number of hydrogen-bond acceptors (Lipinski definition) is 13. The normalized spacial score (nSPS) is 26.1. The van der Waals surface area contributed by atoms with E-state index < -0.39 is 86.8 Å². The van der Waals surface area contributed by atoms with Crippen LogP contribution in [0.4, 0.5) is 0 Å². The molecule has 2 heterocycles. The van der Waals surface area contributed by atoms with E-state index in [1.807, 2.05) is 6.08 Å². The zero-order chi connectivity index (χ0) is 51.7. The number of hydrogen-bond donors (Lipinski definition) is 9. The van der Waals surface area contributed by atoms with Crippen LogP contribution in [0.1, 0.15) is 213 Å². The van der Waals surface area contributed by atoms with E-state index in [0.29, 0.717) is 6.42 Å². The molecule has 71 heavy (non-hydrogen) atoms. The van der Waals surface area contributed by atoms with E-state index in [-0.39, 0.29) is 18.9 Å². The highest BCUT2D eigenvalue weighted by molar-refractivity contribution is 5.76. The second kappa shape index (κ2) is 43.2. The van der Waals surface area contributed by atoms with Gasteiger partial charge in [0.2, 0.25) is 5.91 Å². The Hall–Kier alpha value is -2.05. The van der Waals surface area contributed by atoms with Crippen molar-refractivity contribution < 1.29 is 64.6 Å². The minimum absolute atomic E-state index is 0.246. The average molecular weight is 1010 g/mol. The summed E-state index contributed by atoms with van der Waals surface area (Å²) >= 11 is 0. The van der Waals surface area contributed by atoms with Crippen molar-refractivity contribution >= 4 is 5.91 Å². The van der Waals surface area contributed by atoms with Crippen LogP contribution >= 0.6 is 0 Å². The van der Waals surface area contributed by atoms with Crippen molar-refractivity contribution in [2.45, 2.75) is 286 Å². The first kappa shape index (κ1) is 65.1. The summed E-state index contributed by atoms with van der Waals surface area (Å²) in [6, 6.07) is -0.911. The van der Waals surface area contributed by atoms with Gasteiger partial charge in [-0.05, 0) is 57.8 Å². The Kier molecular flexibility index (Phi) is 39.6. The zero-order valence-electron chi connectivity index (χ0n) is 44.2. The fourth-order valence-electron chi connectivity index (χ4n) is 9.12. The van der Waals surface area contributed by atoms with Crippen molar-refractivity contribution in [3.63, 3.8) is 0 Å². The molecule has 2 fully saturated rings. The lowest BCUT2D eigenvalue weighted by Crippen LogP contribution is -2.65. The van der Waals surface area contributed by atoms with E-state index in [1.165, 1.54) is 122 Å². The maximum atomic E-state index is 13.1. The SMILES string of the molecule is CCCCCC/C=C/C(O)C(COC1OC(CO)C(OC2OC(CO)C(O)C(O)C2O)C(O)C1O)NC(=O)CCCCCCCCCCCCCCCCCC/C=C\C/C=C\C/C=C\CCCCCCC. The minimum atomic E-state index is -1.79. The van der Waals surface area contributed by atoms with Crippen LogP contribution in [0.25, 0.3) is 0 Å². The summed E-state index contributed by atoms with van der Waals surface area (Å²) < 4.78 is 22.6. The fraction of sp³-hybridized carbons (Fsp3) is 0.842. The van der Waals surface area contributed by atoms with Gasteiger partial charge in [-0.25, -0.2) is 0 Å². The smallest absolute Gasteiger partial charge is 0.220 e. The predicted octanol–water partition coefficient (Wildman–Crippen LogP) is 8.83. The number of nitrogens with one attached hydrogen (secondary N) is 1. The Balaban J connectivity index is 1.59. The molecule has 2 aliphatic heterocycles. The number of unbranched alkanes of at least 4 members (excludes halogenated alkanes) is 25. The van der Waals surface area contributed by atoms with Crippen LogP contribution in [0.5, 0.6) is 0 Å². The van der Waals surface area contributed by atoms with Gasteiger partial charge >= 0.3 is 0 Å². The molecule has 9 N–H and O–H groups in total. The molecule has 414 valence electrons. The van der Waals surface area contributed by atoms with Crippen LogP contribution in [-0.2, 0) is 23.7 Å². The lowest BCUT2D eigenvalue weighted by Gasteiger charge is -2.46. The Labute approximate surface area is 429 Å². The van der Waals surface area contributed by atoms with E-state index in [9.17, 15) is 45.6 Å². The van der Waals surface area contributed by atoms with Crippen molar-refractivity contribution in [2.24, 2.45) is 0 Å². The fourth-order valence-corrected chi connectivity index (χ4v) is 9.12. The second-order valence-electron chi connectivity index (χ2n) is 20.1. The number of amides is 1. The summed E-state index contributed by atoms with van der Waals surface area (Å²) in [5.74, 6) is -0.246. The molecule has 14 heteroatoms. The second-order valence-corrected chi connectivity index (χ2v) is 20.1. The Morgan fingerprint density at radius 1 is 0.507 bits per heavy atom. The average Bonchev–Trinajstić information content (AvgIpc) is 3.37. The molecule has 0 aromatic rings. The Morgan fingerprint density at radius 2 is 0.930 bits per heavy atom. The van der Waals surface area contributed by atoms with Gasteiger partial charge in [0.15, 0.2) is 12.6 Å². The number of aliphatic hydroxyl groups is 8. The highest BCUT2D eigenvalue weighted by Crippen LogP contribution is 2.30. The largest absolute Gasteiger partial charge is 0.394 e. The van der Waals surface area contributed by atoms with Crippen LogP contribution in [0.3, 0.4) is 0 Å². The summed E-state index contributed by atoms with van der Waals surface area (Å²) in [5, 5.41) is 86.4. The Bertz CT molecular complexity index is 1380. The predicted molar refractivity (Wildman–Crippen MR) is 281 cm³/mol. The van der Waals surface area contributed by atoms with Crippen LogP contribution in [0.2, 0.25) is 0 Å². The summed E-state index contributed by atoms with van der Waals surface area (Å²) in [6.07, 6.45) is 36.5. The van der Waals surface area contributed by atoms with Gasteiger partial charge in [0, 0.05) is 6.42 Å². The topological polar surface area (TPSA) is 228 Å². The van der Waals surface area contributed by atoms with E-state index in [2.05, 4.69) is 55.6 Å². The molecule has 0 spiro atoms. The van der Waals surface area contributed by atoms with Gasteiger partial charge in [0.25, 0.3) is 0 Å². The third-order valence-electron chi connectivity index (χ3n) is 13.8. The van der Waals surface area contributed by atoms with Gasteiger partial charge in [-0.3, -0.25) is 4.79 Å². The molecular weight excluding hydrogens is 907 g/mol. The molecular formula is C57H103NO13. The zero-order valence-corrected chi connectivity index (χ0v) is 44.2. The van der Waals surface area contributed by atoms with Gasteiger partial charge < -0.3 is 65.1 Å². The lowest BCUT2D eigenvalue weighted by atomic mass is 9.97. The number of carbonyl (C=O) groups excluding carboxylic acids is 1. The molecule has 12 unspecified atom stereocenters. The Morgan fingerprint density at radius 3 is 1.44 bits per heavy atom. The molecule has 2 aliphatic rings. The first-order chi connectivity index (χ1) is 34.6. The first-order valence-corrected chi connectivity index (χ1v) is 28.4. The molecule has 0 aromatic carbocycles. The maximum Gasteiger partial charge on any atom is 0.220 e. The summed E-state index contributed by atoms with van der Waals surface area (Å²) in [7, 11) is 0. The molecule has 0 aromatic heterocycles. The lowest BCUT2D eigenvalue weighted by molar-refractivity contribution is -0.359. The van der Waals surface area contributed by atoms with Crippen LogP contribution in [0.15, 0.2) is 48.6 Å². The van der Waals surface area contributed by atoms with Crippen molar-refractivity contribution in [3.8, 4) is 0 Å². The highest BCUT2D eigenvalue weighted by Gasteiger charge is 2.51. The summed E-state index contributed by atoms with van der Waals surface area (Å²) in [4.78, 5) is 13.1. The summed E-state index contributed by atoms with van der Waals surface area (Å²) in [5.41, 5.74) is 0. The monoisotopic (exact) mass is 1010 g/mol.